The molecule has 3 rings (SSSR count). The lowest BCUT2D eigenvalue weighted by Crippen LogP contribution is -2.66. The van der Waals surface area contributed by atoms with Crippen molar-refractivity contribution >= 4 is 23.6 Å². The molecule has 2 aliphatic heterocycles. The average molecular weight is 587 g/mol. The van der Waals surface area contributed by atoms with Crippen LogP contribution in [0.25, 0.3) is 0 Å². The lowest BCUT2D eigenvalue weighted by atomic mass is 9.91. The SMILES string of the molecule is CCC[C@@H]1C[C@@H](C(=O)N[C@@H]([C@H]2O[C@H](SCCOC(=O)c3ccc(O)c(O)c3)[C@H](O)[C@@H](O)[C@H]2O)[C@@H](C)OC)N(C)C1. The largest absolute Gasteiger partial charge is 0.504 e. The van der Waals surface area contributed by atoms with Crippen molar-refractivity contribution in [2.75, 3.05) is 33.1 Å². The number of rotatable bonds is 12. The predicted octanol–water partition coefficient (Wildman–Crippen LogP) is 0.436. The third-order valence-electron chi connectivity index (χ3n) is 7.59. The highest BCUT2D eigenvalue weighted by Crippen LogP contribution is 2.32. The van der Waals surface area contributed by atoms with Gasteiger partial charge in [-0.2, -0.15) is 0 Å². The molecule has 1 aromatic carbocycles. The molecular formula is C27H42N2O10S. The molecule has 1 aromatic rings. The van der Waals surface area contributed by atoms with E-state index in [1.54, 1.807) is 6.92 Å². The normalized spacial score (nSPS) is 30.5. The van der Waals surface area contributed by atoms with Gasteiger partial charge >= 0.3 is 5.97 Å². The Kier molecular flexibility index (Phi) is 11.9. The molecule has 2 aliphatic rings. The summed E-state index contributed by atoms with van der Waals surface area (Å²) in [4.78, 5) is 27.5. The summed E-state index contributed by atoms with van der Waals surface area (Å²) < 4.78 is 16.7. The number of hydrogen-bond acceptors (Lipinski definition) is 12. The standard InChI is InChI=1S/C27H42N2O10S/c1-5-6-15-11-17(29(3)13-15)25(35)28-20(14(2)37-4)24-22(33)21(32)23(34)27(39-24)40-10-9-38-26(36)16-7-8-18(30)19(31)12-16/h7-8,12,14-15,17,20-24,27,30-34H,5-6,9-11,13H2,1-4H3,(H,28,35)/t14-,15-,17+,20-,21+,22-,23-,24-,27-/m1/s1. The topological polar surface area (TPSA) is 178 Å². The molecule has 12 nitrogen and oxygen atoms in total. The second-order valence-electron chi connectivity index (χ2n) is 10.5. The number of benzene rings is 1. The van der Waals surface area contributed by atoms with Crippen molar-refractivity contribution in [1.82, 2.24) is 10.2 Å². The summed E-state index contributed by atoms with van der Waals surface area (Å²) in [7, 11) is 3.38. The van der Waals surface area contributed by atoms with Crippen LogP contribution in [0, 0.1) is 5.92 Å². The van der Waals surface area contributed by atoms with E-state index in [0.29, 0.717) is 5.92 Å². The molecule has 13 heteroatoms. The summed E-state index contributed by atoms with van der Waals surface area (Å²) in [6.07, 6.45) is -3.36. The fourth-order valence-electron chi connectivity index (χ4n) is 5.24. The molecule has 0 aliphatic carbocycles. The smallest absolute Gasteiger partial charge is 0.338 e. The Morgan fingerprint density at radius 2 is 1.90 bits per heavy atom. The minimum Gasteiger partial charge on any atom is -0.504 e. The Morgan fingerprint density at radius 1 is 1.18 bits per heavy atom. The van der Waals surface area contributed by atoms with Gasteiger partial charge in [-0.15, -0.1) is 11.8 Å². The third kappa shape index (κ3) is 7.78. The molecule has 226 valence electrons. The second kappa shape index (κ2) is 14.7. The maximum atomic E-state index is 13.3. The van der Waals surface area contributed by atoms with Crippen LogP contribution in [-0.4, -0.2) is 123 Å². The van der Waals surface area contributed by atoms with E-state index in [4.69, 9.17) is 14.2 Å². The van der Waals surface area contributed by atoms with Gasteiger partial charge in [0, 0.05) is 19.4 Å². The number of methoxy groups -OCH3 is 1. The van der Waals surface area contributed by atoms with Crippen molar-refractivity contribution in [3.8, 4) is 11.5 Å². The number of nitrogens with zero attached hydrogens (tertiary/aromatic N) is 1. The number of phenols is 2. The summed E-state index contributed by atoms with van der Waals surface area (Å²) >= 11 is 1.07. The minimum atomic E-state index is -1.55. The van der Waals surface area contributed by atoms with E-state index >= 15 is 0 Å². The third-order valence-corrected chi connectivity index (χ3v) is 8.71. The number of aromatic hydroxyl groups is 2. The maximum Gasteiger partial charge on any atom is 0.338 e. The van der Waals surface area contributed by atoms with Gasteiger partial charge in [-0.25, -0.2) is 4.79 Å². The molecule has 0 bridgehead atoms. The van der Waals surface area contributed by atoms with Gasteiger partial charge in [0.25, 0.3) is 0 Å². The van der Waals surface area contributed by atoms with E-state index < -0.39 is 53.7 Å². The van der Waals surface area contributed by atoms with Crippen LogP contribution in [0.2, 0.25) is 0 Å². The van der Waals surface area contributed by atoms with Gasteiger partial charge in [-0.05, 0) is 50.9 Å². The summed E-state index contributed by atoms with van der Waals surface area (Å²) in [5, 5.41) is 54.0. The van der Waals surface area contributed by atoms with Crippen LogP contribution >= 0.6 is 11.8 Å². The van der Waals surface area contributed by atoms with Crippen molar-refractivity contribution in [3.63, 3.8) is 0 Å². The summed E-state index contributed by atoms with van der Waals surface area (Å²) in [5.74, 6) is -1.15. The zero-order valence-electron chi connectivity index (χ0n) is 23.3. The van der Waals surface area contributed by atoms with Gasteiger partial charge in [0.2, 0.25) is 5.91 Å². The highest BCUT2D eigenvalue weighted by Gasteiger charge is 2.49. The molecule has 0 spiro atoms. The number of likely N-dealkylation sites (N-methyl/N-ethyl adjacent to an activating group) is 1. The van der Waals surface area contributed by atoms with Gasteiger partial charge in [0.15, 0.2) is 11.5 Å². The fourth-order valence-corrected chi connectivity index (χ4v) is 6.22. The van der Waals surface area contributed by atoms with Crippen molar-refractivity contribution in [2.24, 2.45) is 5.92 Å². The number of hydrogen-bond donors (Lipinski definition) is 6. The van der Waals surface area contributed by atoms with Crippen molar-refractivity contribution in [2.45, 2.75) is 81.1 Å². The van der Waals surface area contributed by atoms with Crippen LogP contribution in [0.15, 0.2) is 18.2 Å². The molecule has 0 saturated carbocycles. The Balaban J connectivity index is 1.62. The summed E-state index contributed by atoms with van der Waals surface area (Å²) in [6, 6.07) is 2.40. The van der Waals surface area contributed by atoms with Crippen LogP contribution in [0.5, 0.6) is 11.5 Å². The van der Waals surface area contributed by atoms with E-state index in [1.807, 2.05) is 11.9 Å². The molecule has 2 fully saturated rings. The van der Waals surface area contributed by atoms with Crippen LogP contribution in [0.4, 0.5) is 0 Å². The Bertz CT molecular complexity index is 1000. The zero-order chi connectivity index (χ0) is 29.6. The quantitative estimate of drug-likeness (QED) is 0.113. The van der Waals surface area contributed by atoms with Crippen molar-refractivity contribution < 1.29 is 49.3 Å². The van der Waals surface area contributed by atoms with Gasteiger partial charge in [0.05, 0.1) is 23.8 Å². The maximum absolute atomic E-state index is 13.3. The van der Waals surface area contributed by atoms with Gasteiger partial charge in [-0.3, -0.25) is 9.69 Å². The second-order valence-corrected chi connectivity index (χ2v) is 11.7. The Hall–Kier alpha value is -2.13. The van der Waals surface area contributed by atoms with E-state index in [1.165, 1.54) is 19.2 Å². The first-order valence-electron chi connectivity index (χ1n) is 13.5. The monoisotopic (exact) mass is 586 g/mol. The van der Waals surface area contributed by atoms with Gasteiger partial charge in [0.1, 0.15) is 36.5 Å². The Labute approximate surface area is 238 Å². The number of likely N-dealkylation sites (tertiary alicyclic amines) is 1. The molecule has 2 heterocycles. The number of carbonyl (C=O) groups is 2. The first-order valence-corrected chi connectivity index (χ1v) is 14.6. The first kappa shape index (κ1) is 32.4. The van der Waals surface area contributed by atoms with E-state index in [9.17, 15) is 35.1 Å². The molecule has 0 radical (unpaired) electrons. The van der Waals surface area contributed by atoms with E-state index in [0.717, 1.165) is 43.6 Å². The van der Waals surface area contributed by atoms with Gasteiger partial charge < -0.3 is 45.1 Å². The van der Waals surface area contributed by atoms with Crippen LogP contribution < -0.4 is 5.32 Å². The zero-order valence-corrected chi connectivity index (χ0v) is 24.1. The van der Waals surface area contributed by atoms with Crippen LogP contribution in [0.3, 0.4) is 0 Å². The first-order chi connectivity index (χ1) is 19.0. The highest BCUT2D eigenvalue weighted by atomic mass is 32.2. The number of ether oxygens (including phenoxy) is 3. The van der Waals surface area contributed by atoms with E-state index in [2.05, 4.69) is 12.2 Å². The minimum absolute atomic E-state index is 0.0499. The fraction of sp³-hybridized carbons (Fsp3) is 0.704. The Morgan fingerprint density at radius 3 is 2.55 bits per heavy atom. The number of amides is 1. The number of phenolic OH excluding ortho intramolecular Hbond substituents is 2. The molecule has 2 saturated heterocycles. The number of aliphatic hydroxyl groups excluding tert-OH is 3. The van der Waals surface area contributed by atoms with Crippen LogP contribution in [-0.2, 0) is 19.0 Å². The summed E-state index contributed by atoms with van der Waals surface area (Å²) in [6.45, 7) is 4.58. The molecular weight excluding hydrogens is 544 g/mol. The molecule has 0 unspecified atom stereocenters. The average Bonchev–Trinajstić information content (AvgIpc) is 3.30. The predicted molar refractivity (Wildman–Crippen MR) is 147 cm³/mol. The molecule has 40 heavy (non-hydrogen) atoms. The number of nitrogens with one attached hydrogen (secondary N) is 1. The molecule has 6 N–H and O–H groups in total. The van der Waals surface area contributed by atoms with Crippen molar-refractivity contribution in [1.29, 1.82) is 0 Å². The van der Waals surface area contributed by atoms with Crippen molar-refractivity contribution in [3.05, 3.63) is 23.8 Å². The summed E-state index contributed by atoms with van der Waals surface area (Å²) in [5.41, 5.74) is -0.944. The number of esters is 1. The van der Waals surface area contributed by atoms with Crippen LogP contribution in [0.1, 0.15) is 43.5 Å². The number of thioether (sulfide) groups is 1. The highest BCUT2D eigenvalue weighted by molar-refractivity contribution is 7.99. The van der Waals surface area contributed by atoms with Gasteiger partial charge in [-0.1, -0.05) is 13.3 Å². The van der Waals surface area contributed by atoms with E-state index in [-0.39, 0.29) is 35.6 Å². The molecule has 1 amide bonds. The molecule has 0 aromatic heterocycles. The number of aliphatic hydroxyl groups is 3. The number of carbonyl (C=O) groups excluding carboxylic acids is 2. The lowest BCUT2D eigenvalue weighted by Gasteiger charge is -2.44. The molecule has 9 atom stereocenters. The lowest BCUT2D eigenvalue weighted by molar-refractivity contribution is -0.212.